The summed E-state index contributed by atoms with van der Waals surface area (Å²) in [6, 6.07) is 0. The fourth-order valence-corrected chi connectivity index (χ4v) is 5.90. The van der Waals surface area contributed by atoms with Crippen LogP contribution in [0.2, 0.25) is 0 Å². The van der Waals surface area contributed by atoms with E-state index < -0.39 is 0 Å². The highest BCUT2D eigenvalue weighted by Gasteiger charge is 2.63. The molecule has 0 aliphatic heterocycles. The second-order valence-electron chi connectivity index (χ2n) is 6.73. The Hall–Kier alpha value is -0.280. The lowest BCUT2D eigenvalue weighted by Crippen LogP contribution is -2.40. The number of carbonyl (C=O) groups is 1. The molecule has 2 nitrogen and oxygen atoms in total. The highest BCUT2D eigenvalue weighted by Crippen LogP contribution is 2.66. The number of allylic oxidation sites excluding steroid dienone is 2. The second kappa shape index (κ2) is 4.11. The average Bonchev–Trinajstić information content (AvgIpc) is 2.87. The predicted molar refractivity (Wildman–Crippen MR) is 74.3 cm³/mol. The molecule has 0 amide bonds. The summed E-state index contributed by atoms with van der Waals surface area (Å²) in [4.78, 5) is 12.5. The van der Waals surface area contributed by atoms with Gasteiger partial charge in [-0.15, -0.1) is 11.8 Å². The van der Waals surface area contributed by atoms with Crippen molar-refractivity contribution in [3.63, 3.8) is 0 Å². The topological polar surface area (TPSA) is 37.3 Å². The molecule has 1 N–H and O–H groups in total. The van der Waals surface area contributed by atoms with E-state index in [2.05, 4.69) is 13.8 Å². The SMILES string of the molecule is CC1(C)[C@@H]2CCC1(CSC1=CC(=O)CC1)[C@H](O)C2. The zero-order valence-electron chi connectivity index (χ0n) is 11.2. The van der Waals surface area contributed by atoms with Crippen molar-refractivity contribution >= 4 is 17.5 Å². The molecule has 2 fully saturated rings. The maximum atomic E-state index is 11.3. The second-order valence-corrected chi connectivity index (χ2v) is 7.83. The van der Waals surface area contributed by atoms with Gasteiger partial charge in [-0.3, -0.25) is 4.79 Å². The number of rotatable bonds is 3. The monoisotopic (exact) mass is 266 g/mol. The molecule has 3 rings (SSSR count). The minimum Gasteiger partial charge on any atom is -0.392 e. The Balaban J connectivity index is 1.75. The molecular formula is C15H22O2S. The Morgan fingerprint density at radius 3 is 2.72 bits per heavy atom. The molecule has 0 aromatic rings. The molecule has 3 atom stereocenters. The lowest BCUT2D eigenvalue weighted by molar-refractivity contribution is -0.114. The lowest BCUT2D eigenvalue weighted by Gasteiger charge is -2.40. The van der Waals surface area contributed by atoms with Gasteiger partial charge in [0.25, 0.3) is 0 Å². The van der Waals surface area contributed by atoms with Crippen LogP contribution in [0.1, 0.15) is 46.0 Å². The van der Waals surface area contributed by atoms with E-state index in [4.69, 9.17) is 0 Å². The van der Waals surface area contributed by atoms with Gasteiger partial charge in [-0.1, -0.05) is 13.8 Å². The quantitative estimate of drug-likeness (QED) is 0.852. The summed E-state index contributed by atoms with van der Waals surface area (Å²) in [5.74, 6) is 1.94. The van der Waals surface area contributed by atoms with Gasteiger partial charge in [0.2, 0.25) is 0 Å². The van der Waals surface area contributed by atoms with Crippen LogP contribution in [0.25, 0.3) is 0 Å². The predicted octanol–water partition coefficient (Wildman–Crippen LogP) is 3.15. The summed E-state index contributed by atoms with van der Waals surface area (Å²) in [6.07, 6.45) is 6.66. The summed E-state index contributed by atoms with van der Waals surface area (Å²) >= 11 is 1.82. The molecule has 0 radical (unpaired) electrons. The zero-order chi connectivity index (χ0) is 13.0. The van der Waals surface area contributed by atoms with Crippen LogP contribution in [-0.2, 0) is 4.79 Å². The Bertz CT molecular complexity index is 413. The standard InChI is InChI=1S/C15H22O2S/c1-14(2)10-5-6-15(14,13(17)7-10)9-18-12-4-3-11(16)8-12/h8,10,13,17H,3-7,9H2,1-2H3/t10-,13-,15?/m1/s1. The molecule has 0 aromatic carbocycles. The molecule has 2 saturated carbocycles. The number of aliphatic hydroxyl groups excluding tert-OH is 1. The smallest absolute Gasteiger partial charge is 0.156 e. The molecule has 2 bridgehead atoms. The van der Waals surface area contributed by atoms with Crippen LogP contribution >= 0.6 is 11.8 Å². The third-order valence-corrected chi connectivity index (χ3v) is 7.20. The summed E-state index contributed by atoms with van der Waals surface area (Å²) in [7, 11) is 0. The van der Waals surface area contributed by atoms with Crippen LogP contribution in [0.5, 0.6) is 0 Å². The summed E-state index contributed by atoms with van der Waals surface area (Å²) < 4.78 is 0. The average molecular weight is 266 g/mol. The molecule has 1 unspecified atom stereocenters. The molecule has 18 heavy (non-hydrogen) atoms. The van der Waals surface area contributed by atoms with Crippen LogP contribution in [0.15, 0.2) is 11.0 Å². The molecule has 0 aromatic heterocycles. The van der Waals surface area contributed by atoms with Gasteiger partial charge in [0.15, 0.2) is 5.78 Å². The molecule has 3 aliphatic carbocycles. The van der Waals surface area contributed by atoms with E-state index >= 15 is 0 Å². The maximum absolute atomic E-state index is 11.3. The van der Waals surface area contributed by atoms with Crippen LogP contribution in [0, 0.1) is 16.7 Å². The number of hydrogen-bond donors (Lipinski definition) is 1. The van der Waals surface area contributed by atoms with E-state index in [0.29, 0.717) is 12.3 Å². The highest BCUT2D eigenvalue weighted by atomic mass is 32.2. The van der Waals surface area contributed by atoms with E-state index in [-0.39, 0.29) is 22.7 Å². The van der Waals surface area contributed by atoms with Crippen molar-refractivity contribution in [1.82, 2.24) is 0 Å². The Labute approximate surface area is 113 Å². The Morgan fingerprint density at radius 2 is 2.22 bits per heavy atom. The largest absolute Gasteiger partial charge is 0.392 e. The molecule has 3 heteroatoms. The first-order valence-corrected chi connectivity index (χ1v) is 7.98. The van der Waals surface area contributed by atoms with E-state index in [1.54, 1.807) is 0 Å². The van der Waals surface area contributed by atoms with E-state index in [1.165, 1.54) is 11.3 Å². The Morgan fingerprint density at radius 1 is 1.44 bits per heavy atom. The maximum Gasteiger partial charge on any atom is 0.156 e. The van der Waals surface area contributed by atoms with Gasteiger partial charge in [-0.25, -0.2) is 0 Å². The van der Waals surface area contributed by atoms with Crippen molar-refractivity contribution in [3.05, 3.63) is 11.0 Å². The van der Waals surface area contributed by atoms with Crippen molar-refractivity contribution in [2.75, 3.05) is 5.75 Å². The molecule has 0 heterocycles. The minimum absolute atomic E-state index is 0.0782. The van der Waals surface area contributed by atoms with Crippen LogP contribution < -0.4 is 0 Å². The van der Waals surface area contributed by atoms with Crippen molar-refractivity contribution in [2.24, 2.45) is 16.7 Å². The van der Waals surface area contributed by atoms with Gasteiger partial charge in [-0.2, -0.15) is 0 Å². The van der Waals surface area contributed by atoms with Gasteiger partial charge < -0.3 is 5.11 Å². The summed E-state index contributed by atoms with van der Waals surface area (Å²) in [6.45, 7) is 4.66. The minimum atomic E-state index is -0.142. The van der Waals surface area contributed by atoms with Crippen LogP contribution in [0.4, 0.5) is 0 Å². The highest BCUT2D eigenvalue weighted by molar-refractivity contribution is 8.03. The van der Waals surface area contributed by atoms with Gasteiger partial charge in [0, 0.05) is 17.6 Å². The van der Waals surface area contributed by atoms with Gasteiger partial charge in [0.1, 0.15) is 0 Å². The summed E-state index contributed by atoms with van der Waals surface area (Å²) in [5, 5.41) is 10.4. The Kier molecular flexibility index (Phi) is 2.91. The first-order valence-electron chi connectivity index (χ1n) is 7.00. The van der Waals surface area contributed by atoms with Crippen LogP contribution in [-0.4, -0.2) is 22.7 Å². The molecule has 3 aliphatic rings. The van der Waals surface area contributed by atoms with E-state index in [9.17, 15) is 9.90 Å². The molecule has 0 saturated heterocycles. The van der Waals surface area contributed by atoms with Gasteiger partial charge >= 0.3 is 0 Å². The number of ketones is 1. The number of aliphatic hydroxyl groups is 1. The number of hydrogen-bond acceptors (Lipinski definition) is 3. The first-order chi connectivity index (χ1) is 8.46. The van der Waals surface area contributed by atoms with Crippen molar-refractivity contribution in [2.45, 2.75) is 52.1 Å². The zero-order valence-corrected chi connectivity index (χ0v) is 12.1. The fourth-order valence-electron chi connectivity index (χ4n) is 4.28. The number of fused-ring (bicyclic) bond motifs is 2. The van der Waals surface area contributed by atoms with Gasteiger partial charge in [-0.05, 0) is 48.0 Å². The molecule has 100 valence electrons. The molecule has 0 spiro atoms. The van der Waals surface area contributed by atoms with Crippen molar-refractivity contribution in [3.8, 4) is 0 Å². The van der Waals surface area contributed by atoms with E-state index in [1.807, 2.05) is 17.8 Å². The normalized spacial score (nSPS) is 41.5. The lowest BCUT2D eigenvalue weighted by atomic mass is 9.70. The summed E-state index contributed by atoms with van der Waals surface area (Å²) in [5.41, 5.74) is 0.331. The first kappa shape index (κ1) is 12.7. The molecular weight excluding hydrogens is 244 g/mol. The van der Waals surface area contributed by atoms with Crippen molar-refractivity contribution in [1.29, 1.82) is 0 Å². The fraction of sp³-hybridized carbons (Fsp3) is 0.800. The van der Waals surface area contributed by atoms with Gasteiger partial charge in [0.05, 0.1) is 6.10 Å². The van der Waals surface area contributed by atoms with Crippen molar-refractivity contribution < 1.29 is 9.90 Å². The number of carbonyl (C=O) groups excluding carboxylic acids is 1. The third kappa shape index (κ3) is 1.63. The van der Waals surface area contributed by atoms with Crippen LogP contribution in [0.3, 0.4) is 0 Å². The van der Waals surface area contributed by atoms with E-state index in [0.717, 1.165) is 25.0 Å². The third-order valence-electron chi connectivity index (χ3n) is 5.84. The number of thioether (sulfide) groups is 1.